The second kappa shape index (κ2) is 5.56. The van der Waals surface area contributed by atoms with Crippen LogP contribution in [0.2, 0.25) is 0 Å². The third kappa shape index (κ3) is 3.39. The first kappa shape index (κ1) is 15.0. The molecule has 6 heteroatoms. The molecular formula is C15H17BN4O. The molecule has 0 aliphatic carbocycles. The Kier molecular flexibility index (Phi) is 3.98. The van der Waals surface area contributed by atoms with Gasteiger partial charge >= 0.3 is 0 Å². The Balaban J connectivity index is 2.53. The first-order valence-corrected chi connectivity index (χ1v) is 6.57. The van der Waals surface area contributed by atoms with Crippen LogP contribution in [0.3, 0.4) is 0 Å². The summed E-state index contributed by atoms with van der Waals surface area (Å²) in [5.74, 6) is 0.317. The van der Waals surface area contributed by atoms with Gasteiger partial charge in [0.25, 0.3) is 0 Å². The summed E-state index contributed by atoms with van der Waals surface area (Å²) in [5.41, 5.74) is 7.42. The fourth-order valence-electron chi connectivity index (χ4n) is 1.74. The SMILES string of the molecule is [B]c1cc(N)c(NC(=O)C(C)(C)C)c(-c2ncccn2)c1. The molecule has 2 radical (unpaired) electrons. The van der Waals surface area contributed by atoms with E-state index in [0.29, 0.717) is 28.2 Å². The van der Waals surface area contributed by atoms with Gasteiger partial charge in [0, 0.05) is 23.4 Å². The number of hydrogen-bond donors (Lipinski definition) is 2. The zero-order chi connectivity index (χ0) is 15.6. The molecule has 0 saturated carbocycles. The first-order chi connectivity index (χ1) is 9.79. The highest BCUT2D eigenvalue weighted by Crippen LogP contribution is 2.31. The summed E-state index contributed by atoms with van der Waals surface area (Å²) in [7, 11) is 5.83. The summed E-state index contributed by atoms with van der Waals surface area (Å²) in [6.07, 6.45) is 3.24. The van der Waals surface area contributed by atoms with Gasteiger partial charge in [0.15, 0.2) is 5.82 Å². The van der Waals surface area contributed by atoms with Crippen LogP contribution in [0.1, 0.15) is 20.8 Å². The third-order valence-electron chi connectivity index (χ3n) is 2.92. The van der Waals surface area contributed by atoms with Gasteiger partial charge in [0.1, 0.15) is 7.85 Å². The molecule has 0 saturated heterocycles. The zero-order valence-corrected chi connectivity index (χ0v) is 12.3. The molecule has 106 valence electrons. The summed E-state index contributed by atoms with van der Waals surface area (Å²) < 4.78 is 0. The lowest BCUT2D eigenvalue weighted by Crippen LogP contribution is -2.28. The molecule has 1 aromatic carbocycles. The topological polar surface area (TPSA) is 80.9 Å². The molecule has 2 aromatic rings. The lowest BCUT2D eigenvalue weighted by Gasteiger charge is -2.20. The van der Waals surface area contributed by atoms with Crippen molar-refractivity contribution < 1.29 is 4.79 Å². The van der Waals surface area contributed by atoms with Gasteiger partial charge < -0.3 is 11.1 Å². The lowest BCUT2D eigenvalue weighted by molar-refractivity contribution is -0.123. The summed E-state index contributed by atoms with van der Waals surface area (Å²) >= 11 is 0. The second-order valence-corrected chi connectivity index (χ2v) is 5.81. The van der Waals surface area contributed by atoms with Crippen LogP contribution < -0.4 is 16.5 Å². The number of aromatic nitrogens is 2. The Hall–Kier alpha value is -2.37. The van der Waals surface area contributed by atoms with Crippen molar-refractivity contribution in [2.75, 3.05) is 11.1 Å². The largest absolute Gasteiger partial charge is 0.397 e. The average Bonchev–Trinajstić information content (AvgIpc) is 2.41. The van der Waals surface area contributed by atoms with Gasteiger partial charge in [-0.15, -0.1) is 0 Å². The van der Waals surface area contributed by atoms with Crippen LogP contribution in [0.4, 0.5) is 11.4 Å². The van der Waals surface area contributed by atoms with Crippen LogP contribution in [0.25, 0.3) is 11.4 Å². The molecule has 0 atom stereocenters. The van der Waals surface area contributed by atoms with Gasteiger partial charge in [0.2, 0.25) is 5.91 Å². The number of nitrogen functional groups attached to an aromatic ring is 1. The maximum atomic E-state index is 12.2. The van der Waals surface area contributed by atoms with Gasteiger partial charge in [-0.2, -0.15) is 0 Å². The predicted octanol–water partition coefficient (Wildman–Crippen LogP) is 1.50. The Morgan fingerprint density at radius 2 is 1.86 bits per heavy atom. The standard InChI is InChI=1S/C15H17BN4O/c1-15(2,3)14(21)20-12-10(7-9(16)8-11(12)17)13-18-5-4-6-19-13/h4-8H,17H2,1-3H3,(H,20,21). The number of amides is 1. The maximum absolute atomic E-state index is 12.2. The smallest absolute Gasteiger partial charge is 0.229 e. The van der Waals surface area contributed by atoms with Crippen LogP contribution in [0.5, 0.6) is 0 Å². The quantitative estimate of drug-likeness (QED) is 0.645. The predicted molar refractivity (Wildman–Crippen MR) is 85.4 cm³/mol. The number of nitrogens with one attached hydrogen (secondary N) is 1. The highest BCUT2D eigenvalue weighted by Gasteiger charge is 2.23. The molecule has 0 fully saturated rings. The molecule has 0 spiro atoms. The lowest BCUT2D eigenvalue weighted by atomic mass is 9.91. The normalized spacial score (nSPS) is 11.2. The summed E-state index contributed by atoms with van der Waals surface area (Å²) in [6.45, 7) is 5.48. The Morgan fingerprint density at radius 1 is 1.24 bits per heavy atom. The molecule has 1 heterocycles. The molecule has 21 heavy (non-hydrogen) atoms. The number of nitrogens with two attached hydrogens (primary N) is 1. The van der Waals surface area contributed by atoms with E-state index >= 15 is 0 Å². The van der Waals surface area contributed by atoms with Crippen LogP contribution >= 0.6 is 0 Å². The Labute approximate surface area is 125 Å². The minimum atomic E-state index is -0.539. The molecule has 0 bridgehead atoms. The molecule has 2 rings (SSSR count). The van der Waals surface area contributed by atoms with Crippen molar-refractivity contribution >= 4 is 30.6 Å². The molecule has 0 aliphatic rings. The number of nitrogens with zero attached hydrogens (tertiary/aromatic N) is 2. The first-order valence-electron chi connectivity index (χ1n) is 6.57. The van der Waals surface area contributed by atoms with Crippen molar-refractivity contribution in [2.45, 2.75) is 20.8 Å². The molecule has 3 N–H and O–H groups in total. The Bertz CT molecular complexity index is 665. The maximum Gasteiger partial charge on any atom is 0.229 e. The van der Waals surface area contributed by atoms with E-state index in [0.717, 1.165) is 0 Å². The van der Waals surface area contributed by atoms with Crippen LogP contribution in [0.15, 0.2) is 30.6 Å². The third-order valence-corrected chi connectivity index (χ3v) is 2.92. The average molecular weight is 280 g/mol. The Morgan fingerprint density at radius 3 is 2.43 bits per heavy atom. The second-order valence-electron chi connectivity index (χ2n) is 5.81. The number of anilines is 2. The van der Waals surface area contributed by atoms with E-state index in [2.05, 4.69) is 15.3 Å². The highest BCUT2D eigenvalue weighted by atomic mass is 16.2. The minimum absolute atomic E-state index is 0.142. The number of hydrogen-bond acceptors (Lipinski definition) is 4. The molecule has 0 aliphatic heterocycles. The fourth-order valence-corrected chi connectivity index (χ4v) is 1.74. The van der Waals surface area contributed by atoms with Crippen LogP contribution in [-0.2, 0) is 4.79 Å². The van der Waals surface area contributed by atoms with Crippen LogP contribution in [-0.4, -0.2) is 23.7 Å². The monoisotopic (exact) mass is 280 g/mol. The molecule has 5 nitrogen and oxygen atoms in total. The van der Waals surface area contributed by atoms with Crippen molar-refractivity contribution in [1.82, 2.24) is 9.97 Å². The summed E-state index contributed by atoms with van der Waals surface area (Å²) in [6, 6.07) is 5.02. The van der Waals surface area contributed by atoms with Crippen molar-refractivity contribution in [3.8, 4) is 11.4 Å². The van der Waals surface area contributed by atoms with E-state index in [1.807, 2.05) is 20.8 Å². The number of rotatable bonds is 2. The molecule has 0 unspecified atom stereocenters. The van der Waals surface area contributed by atoms with Crippen LogP contribution in [0, 0.1) is 5.41 Å². The van der Waals surface area contributed by atoms with E-state index < -0.39 is 5.41 Å². The van der Waals surface area contributed by atoms with Crippen molar-refractivity contribution in [2.24, 2.45) is 5.41 Å². The van der Waals surface area contributed by atoms with E-state index in [9.17, 15) is 4.79 Å². The molecular weight excluding hydrogens is 263 g/mol. The van der Waals surface area contributed by atoms with E-state index in [-0.39, 0.29) is 5.91 Å². The van der Waals surface area contributed by atoms with Crippen molar-refractivity contribution in [1.29, 1.82) is 0 Å². The van der Waals surface area contributed by atoms with Gasteiger partial charge in [-0.25, -0.2) is 9.97 Å². The van der Waals surface area contributed by atoms with Gasteiger partial charge in [-0.1, -0.05) is 32.3 Å². The highest BCUT2D eigenvalue weighted by molar-refractivity contribution is 6.33. The molecule has 1 aromatic heterocycles. The van der Waals surface area contributed by atoms with Gasteiger partial charge in [-0.3, -0.25) is 4.79 Å². The van der Waals surface area contributed by atoms with E-state index in [1.165, 1.54) is 0 Å². The van der Waals surface area contributed by atoms with Crippen molar-refractivity contribution in [3.63, 3.8) is 0 Å². The number of benzene rings is 1. The van der Waals surface area contributed by atoms with Gasteiger partial charge in [0.05, 0.1) is 11.4 Å². The van der Waals surface area contributed by atoms with E-state index in [1.54, 1.807) is 30.6 Å². The summed E-state index contributed by atoms with van der Waals surface area (Å²) in [5, 5.41) is 2.84. The number of carbonyl (C=O) groups is 1. The van der Waals surface area contributed by atoms with Gasteiger partial charge in [-0.05, 0) is 12.1 Å². The zero-order valence-electron chi connectivity index (χ0n) is 12.3. The summed E-state index contributed by atoms with van der Waals surface area (Å²) in [4.78, 5) is 20.6. The minimum Gasteiger partial charge on any atom is -0.397 e. The van der Waals surface area contributed by atoms with Crippen molar-refractivity contribution in [3.05, 3.63) is 30.6 Å². The number of carbonyl (C=O) groups excluding carboxylic acids is 1. The fraction of sp³-hybridized carbons (Fsp3) is 0.267. The molecule has 1 amide bonds. The van der Waals surface area contributed by atoms with E-state index in [4.69, 9.17) is 13.6 Å².